The molecule has 1 aromatic carbocycles. The van der Waals surface area contributed by atoms with Gasteiger partial charge in [-0.3, -0.25) is 14.5 Å². The van der Waals surface area contributed by atoms with Crippen LogP contribution in [0.1, 0.15) is 25.8 Å². The zero-order chi connectivity index (χ0) is 24.0. The minimum Gasteiger partial charge on any atom is -0.340 e. The number of nitrogens with zero attached hydrogens (tertiary/aromatic N) is 4. The van der Waals surface area contributed by atoms with Gasteiger partial charge in [-0.2, -0.15) is 4.31 Å². The Labute approximate surface area is 194 Å². The number of hydrogen-bond acceptors (Lipinski definition) is 5. The van der Waals surface area contributed by atoms with Gasteiger partial charge in [-0.05, 0) is 30.2 Å². The number of carbonyl (C=O) groups is 1. The minimum atomic E-state index is -3.73. The number of aromatic nitrogens is 1. The molecule has 2 heterocycles. The highest BCUT2D eigenvalue weighted by molar-refractivity contribution is 7.89. The highest BCUT2D eigenvalue weighted by atomic mass is 32.2. The summed E-state index contributed by atoms with van der Waals surface area (Å²) in [6.45, 7) is 7.13. The van der Waals surface area contributed by atoms with Crippen molar-refractivity contribution in [1.82, 2.24) is 18.7 Å². The molecule has 8 nitrogen and oxygen atoms in total. The Balaban J connectivity index is 1.66. The second-order valence-electron chi connectivity index (χ2n) is 8.06. The second-order valence-corrected chi connectivity index (χ2v) is 10.00. The van der Waals surface area contributed by atoms with Crippen LogP contribution in [0.3, 0.4) is 0 Å². The standard InChI is InChI=1S/C23H31FN4O4S/c1-3-28(4-2)33(31,32)21-10-11-22(29)27(17-21)18-23(30)26-13-5-12-25(14-15-26)16-19-6-8-20(24)9-7-19/h6-11,17H,3-5,12-16,18H2,1-2H3. The van der Waals surface area contributed by atoms with Crippen molar-refractivity contribution in [2.75, 3.05) is 39.3 Å². The predicted octanol–water partition coefficient (Wildman–Crippen LogP) is 1.75. The lowest BCUT2D eigenvalue weighted by atomic mass is 10.2. The molecule has 3 rings (SSSR count). The number of benzene rings is 1. The molecule has 0 spiro atoms. The first kappa shape index (κ1) is 25.1. The minimum absolute atomic E-state index is 0.0000561. The van der Waals surface area contributed by atoms with Gasteiger partial charge < -0.3 is 9.47 Å². The Morgan fingerprint density at radius 1 is 1.00 bits per heavy atom. The summed E-state index contributed by atoms with van der Waals surface area (Å²) in [6.07, 6.45) is 2.03. The Kier molecular flexibility index (Phi) is 8.39. The number of pyridine rings is 1. The fourth-order valence-corrected chi connectivity index (χ4v) is 5.45. The molecule has 0 N–H and O–H groups in total. The second kappa shape index (κ2) is 11.0. The fraction of sp³-hybridized carbons (Fsp3) is 0.478. The summed E-state index contributed by atoms with van der Waals surface area (Å²) in [5, 5.41) is 0. The summed E-state index contributed by atoms with van der Waals surface area (Å²) in [5.41, 5.74) is 0.587. The van der Waals surface area contributed by atoms with E-state index in [-0.39, 0.29) is 23.2 Å². The number of sulfonamides is 1. The van der Waals surface area contributed by atoms with Crippen LogP contribution in [0.5, 0.6) is 0 Å². The van der Waals surface area contributed by atoms with Gasteiger partial charge in [0.2, 0.25) is 15.9 Å². The fourth-order valence-electron chi connectivity index (χ4n) is 3.97. The van der Waals surface area contributed by atoms with E-state index in [0.717, 1.165) is 18.5 Å². The van der Waals surface area contributed by atoms with E-state index < -0.39 is 15.6 Å². The number of carbonyl (C=O) groups excluding carboxylic acids is 1. The van der Waals surface area contributed by atoms with E-state index in [9.17, 15) is 22.4 Å². The normalized spacial score (nSPS) is 15.6. The van der Waals surface area contributed by atoms with Gasteiger partial charge in [0.15, 0.2) is 0 Å². The van der Waals surface area contributed by atoms with Crippen LogP contribution in [0.15, 0.2) is 52.3 Å². The third-order valence-electron chi connectivity index (χ3n) is 5.87. The summed E-state index contributed by atoms with van der Waals surface area (Å²) >= 11 is 0. The zero-order valence-corrected chi connectivity index (χ0v) is 19.9. The third-order valence-corrected chi connectivity index (χ3v) is 7.90. The first-order valence-electron chi connectivity index (χ1n) is 11.2. The van der Waals surface area contributed by atoms with Crippen molar-refractivity contribution < 1.29 is 17.6 Å². The summed E-state index contributed by atoms with van der Waals surface area (Å²) < 4.78 is 41.2. The first-order valence-corrected chi connectivity index (χ1v) is 12.6. The van der Waals surface area contributed by atoms with Crippen molar-refractivity contribution in [2.24, 2.45) is 0 Å². The van der Waals surface area contributed by atoms with Crippen molar-refractivity contribution in [3.05, 3.63) is 64.3 Å². The van der Waals surface area contributed by atoms with Crippen LogP contribution in [-0.2, 0) is 27.9 Å². The van der Waals surface area contributed by atoms with E-state index in [1.54, 1.807) is 30.9 Å². The van der Waals surface area contributed by atoms with Gasteiger partial charge in [0.1, 0.15) is 12.4 Å². The molecular formula is C23H31FN4O4S. The van der Waals surface area contributed by atoms with Crippen LogP contribution in [-0.4, -0.2) is 72.3 Å². The van der Waals surface area contributed by atoms with Crippen LogP contribution in [0, 0.1) is 5.82 Å². The summed E-state index contributed by atoms with van der Waals surface area (Å²) in [4.78, 5) is 29.2. The maximum absolute atomic E-state index is 13.1. The average molecular weight is 479 g/mol. The quantitative estimate of drug-likeness (QED) is 0.577. The van der Waals surface area contributed by atoms with Crippen molar-refractivity contribution in [3.8, 4) is 0 Å². The molecule has 1 aromatic heterocycles. The monoisotopic (exact) mass is 478 g/mol. The van der Waals surface area contributed by atoms with Crippen LogP contribution in [0.25, 0.3) is 0 Å². The molecule has 33 heavy (non-hydrogen) atoms. The van der Waals surface area contributed by atoms with Gasteiger partial charge in [0, 0.05) is 58.1 Å². The van der Waals surface area contributed by atoms with E-state index in [4.69, 9.17) is 0 Å². The van der Waals surface area contributed by atoms with E-state index in [1.807, 2.05) is 0 Å². The number of rotatable bonds is 8. The summed E-state index contributed by atoms with van der Waals surface area (Å²) in [5.74, 6) is -0.492. The molecule has 10 heteroatoms. The SMILES string of the molecule is CCN(CC)S(=O)(=O)c1ccc(=O)n(CC(=O)N2CCCN(Cc3ccc(F)cc3)CC2)c1. The van der Waals surface area contributed by atoms with E-state index >= 15 is 0 Å². The van der Waals surface area contributed by atoms with Gasteiger partial charge in [-0.1, -0.05) is 26.0 Å². The van der Waals surface area contributed by atoms with Crippen LogP contribution >= 0.6 is 0 Å². The molecule has 1 fully saturated rings. The summed E-state index contributed by atoms with van der Waals surface area (Å²) in [6, 6.07) is 8.88. The van der Waals surface area contributed by atoms with Crippen LogP contribution < -0.4 is 5.56 Å². The first-order chi connectivity index (χ1) is 15.7. The van der Waals surface area contributed by atoms with Gasteiger partial charge in [0.05, 0.1) is 4.90 Å². The average Bonchev–Trinajstić information content (AvgIpc) is 3.03. The van der Waals surface area contributed by atoms with E-state index in [0.29, 0.717) is 39.3 Å². The molecule has 0 bridgehead atoms. The van der Waals surface area contributed by atoms with Crippen molar-refractivity contribution in [3.63, 3.8) is 0 Å². The molecular weight excluding hydrogens is 447 g/mol. The molecule has 1 amide bonds. The number of hydrogen-bond donors (Lipinski definition) is 0. The van der Waals surface area contributed by atoms with Gasteiger partial charge >= 0.3 is 0 Å². The van der Waals surface area contributed by atoms with Crippen molar-refractivity contribution in [1.29, 1.82) is 0 Å². The smallest absolute Gasteiger partial charge is 0.251 e. The lowest BCUT2D eigenvalue weighted by Crippen LogP contribution is -2.39. The van der Waals surface area contributed by atoms with Gasteiger partial charge in [-0.25, -0.2) is 12.8 Å². The Morgan fingerprint density at radius 2 is 1.70 bits per heavy atom. The van der Waals surface area contributed by atoms with E-state index in [2.05, 4.69) is 4.90 Å². The highest BCUT2D eigenvalue weighted by Gasteiger charge is 2.24. The van der Waals surface area contributed by atoms with Crippen LogP contribution in [0.4, 0.5) is 4.39 Å². The van der Waals surface area contributed by atoms with Crippen molar-refractivity contribution >= 4 is 15.9 Å². The Morgan fingerprint density at radius 3 is 2.36 bits per heavy atom. The largest absolute Gasteiger partial charge is 0.340 e. The molecule has 2 aromatic rings. The molecule has 0 atom stereocenters. The molecule has 0 unspecified atom stereocenters. The van der Waals surface area contributed by atoms with Crippen LogP contribution in [0.2, 0.25) is 0 Å². The maximum atomic E-state index is 13.1. The highest BCUT2D eigenvalue weighted by Crippen LogP contribution is 2.14. The third kappa shape index (κ3) is 6.27. The topological polar surface area (TPSA) is 82.9 Å². The summed E-state index contributed by atoms with van der Waals surface area (Å²) in [7, 11) is -3.73. The molecule has 0 radical (unpaired) electrons. The molecule has 1 aliphatic heterocycles. The predicted molar refractivity (Wildman–Crippen MR) is 124 cm³/mol. The van der Waals surface area contributed by atoms with Gasteiger partial charge in [0.25, 0.3) is 5.56 Å². The lowest BCUT2D eigenvalue weighted by Gasteiger charge is -2.23. The Hall–Kier alpha value is -2.56. The maximum Gasteiger partial charge on any atom is 0.251 e. The lowest BCUT2D eigenvalue weighted by molar-refractivity contribution is -0.131. The van der Waals surface area contributed by atoms with E-state index in [1.165, 1.54) is 39.3 Å². The molecule has 180 valence electrons. The molecule has 1 aliphatic rings. The number of amides is 1. The Bertz CT molecular complexity index is 1110. The van der Waals surface area contributed by atoms with Crippen molar-refractivity contribution in [2.45, 2.75) is 38.3 Å². The zero-order valence-electron chi connectivity index (χ0n) is 19.1. The number of halogens is 1. The van der Waals surface area contributed by atoms with Gasteiger partial charge in [-0.15, -0.1) is 0 Å². The molecule has 0 saturated carbocycles. The molecule has 0 aliphatic carbocycles. The molecule has 1 saturated heterocycles.